The maximum absolute atomic E-state index is 3.28. The Morgan fingerprint density at radius 3 is 1.22 bits per heavy atom. The number of nitrogens with one attached hydrogen (secondary N) is 1. The van der Waals surface area contributed by atoms with Crippen LogP contribution in [-0.4, -0.2) is 29.5 Å². The second kappa shape index (κ2) is 10.8. The summed E-state index contributed by atoms with van der Waals surface area (Å²) in [4.78, 5) is 0. The summed E-state index contributed by atoms with van der Waals surface area (Å²) in [5.74, 6) is 0. The molecule has 0 bridgehead atoms. The summed E-state index contributed by atoms with van der Waals surface area (Å²) in [7, 11) is 0. The fourth-order valence-corrected chi connectivity index (χ4v) is 0.802. The van der Waals surface area contributed by atoms with Crippen LogP contribution in [0.4, 0.5) is 0 Å². The Bertz CT molecular complexity index is 27.7. The lowest BCUT2D eigenvalue weighted by molar-refractivity contribution is 0.520. The molecule has 0 aliphatic carbocycles. The van der Waals surface area contributed by atoms with Gasteiger partial charge in [0.05, 0.1) is 0 Å². The van der Waals surface area contributed by atoms with Crippen molar-refractivity contribution in [3.05, 3.63) is 0 Å². The van der Waals surface area contributed by atoms with Crippen LogP contribution in [0.3, 0.4) is 0 Å². The number of rotatable bonds is 0. The molecule has 0 aromatic heterocycles. The molecular weight excluding hydrogens is 122 g/mol. The predicted octanol–water partition coefficient (Wildman–Crippen LogP) is -1.71. The summed E-state index contributed by atoms with van der Waals surface area (Å²) in [5, 5.41) is 3.28. The lowest BCUT2D eigenvalue weighted by atomic mass is 10.2. The molecule has 4 heteroatoms. The van der Waals surface area contributed by atoms with Crippen LogP contribution >= 0.6 is 0 Å². The van der Waals surface area contributed by atoms with Crippen LogP contribution in [0.15, 0.2) is 0 Å². The molecule has 1 saturated heterocycles. The molecule has 0 atom stereocenters. The average molecular weight is 139 g/mol. The zero-order valence-electron chi connectivity index (χ0n) is 5.54. The minimum atomic E-state index is 0. The molecule has 4 nitrogen and oxygen atoms in total. The van der Waals surface area contributed by atoms with Gasteiger partial charge in [-0.3, -0.25) is 0 Å². The summed E-state index contributed by atoms with van der Waals surface area (Å²) in [6.07, 6.45) is 4.22. The van der Waals surface area contributed by atoms with Gasteiger partial charge in [-0.15, -0.1) is 0 Å². The second-order valence-electron chi connectivity index (χ2n) is 1.81. The van der Waals surface area contributed by atoms with Crippen LogP contribution in [0.1, 0.15) is 19.3 Å². The van der Waals surface area contributed by atoms with Gasteiger partial charge in [-0.25, -0.2) is 0 Å². The highest BCUT2D eigenvalue weighted by Crippen LogP contribution is 1.96. The average Bonchev–Trinajstić information content (AvgIpc) is 1.72. The van der Waals surface area contributed by atoms with Crippen molar-refractivity contribution in [3.8, 4) is 0 Å². The Labute approximate surface area is 55.2 Å². The monoisotopic (exact) mass is 139 g/mol. The smallest absolute Gasteiger partial charge is 0.00489 e. The summed E-state index contributed by atoms with van der Waals surface area (Å²) < 4.78 is 0. The lowest BCUT2D eigenvalue weighted by Gasteiger charge is -2.08. The summed E-state index contributed by atoms with van der Waals surface area (Å²) in [5.41, 5.74) is 0. The minimum absolute atomic E-state index is 0. The first-order chi connectivity index (χ1) is 3.00. The quantitative estimate of drug-likeness (QED) is 0.423. The van der Waals surface area contributed by atoms with Crippen LogP contribution in [0.5, 0.6) is 0 Å². The van der Waals surface area contributed by atoms with Gasteiger partial charge in [0, 0.05) is 0 Å². The van der Waals surface area contributed by atoms with E-state index in [1.165, 1.54) is 32.4 Å². The minimum Gasteiger partial charge on any atom is -0.412 e. The normalized spacial score (nSPS) is 16.0. The fraction of sp³-hybridized carbons (Fsp3) is 1.00. The van der Waals surface area contributed by atoms with Crippen LogP contribution in [0.25, 0.3) is 0 Å². The van der Waals surface area contributed by atoms with E-state index >= 15 is 0 Å². The molecule has 0 saturated carbocycles. The molecular formula is C5H17NO3. The molecule has 0 spiro atoms. The van der Waals surface area contributed by atoms with E-state index in [1.54, 1.807) is 0 Å². The molecule has 1 aliphatic heterocycles. The Kier molecular flexibility index (Phi) is 19.0. The van der Waals surface area contributed by atoms with Gasteiger partial charge in [0.15, 0.2) is 0 Å². The molecule has 0 unspecified atom stereocenters. The van der Waals surface area contributed by atoms with Gasteiger partial charge >= 0.3 is 0 Å². The zero-order valence-corrected chi connectivity index (χ0v) is 5.54. The van der Waals surface area contributed by atoms with Crippen molar-refractivity contribution in [2.75, 3.05) is 13.1 Å². The number of piperidine rings is 1. The topological polar surface area (TPSA) is 107 Å². The first-order valence-corrected chi connectivity index (χ1v) is 2.71. The molecule has 0 aromatic carbocycles. The van der Waals surface area contributed by atoms with Crippen molar-refractivity contribution in [3.63, 3.8) is 0 Å². The summed E-state index contributed by atoms with van der Waals surface area (Å²) in [6.45, 7) is 2.50. The Morgan fingerprint density at radius 2 is 1.11 bits per heavy atom. The van der Waals surface area contributed by atoms with Crippen LogP contribution in [-0.2, 0) is 0 Å². The van der Waals surface area contributed by atoms with Crippen molar-refractivity contribution in [2.24, 2.45) is 0 Å². The van der Waals surface area contributed by atoms with Gasteiger partial charge < -0.3 is 21.7 Å². The Hall–Kier alpha value is -0.160. The zero-order chi connectivity index (χ0) is 4.24. The molecule has 0 radical (unpaired) electrons. The van der Waals surface area contributed by atoms with E-state index in [2.05, 4.69) is 5.32 Å². The first kappa shape index (κ1) is 15.9. The van der Waals surface area contributed by atoms with Crippen LogP contribution < -0.4 is 5.32 Å². The van der Waals surface area contributed by atoms with Crippen LogP contribution in [0, 0.1) is 0 Å². The van der Waals surface area contributed by atoms with Gasteiger partial charge in [0.2, 0.25) is 0 Å². The lowest BCUT2D eigenvalue weighted by Crippen LogP contribution is -2.21. The van der Waals surface area contributed by atoms with E-state index in [0.717, 1.165) is 0 Å². The first-order valence-electron chi connectivity index (χ1n) is 2.71. The van der Waals surface area contributed by atoms with Gasteiger partial charge in [-0.2, -0.15) is 0 Å². The summed E-state index contributed by atoms with van der Waals surface area (Å²) in [6, 6.07) is 0. The molecule has 60 valence electrons. The molecule has 1 heterocycles. The highest BCUT2D eigenvalue weighted by molar-refractivity contribution is 4.55. The third-order valence-corrected chi connectivity index (χ3v) is 1.21. The molecule has 0 amide bonds. The largest absolute Gasteiger partial charge is 0.412 e. The second-order valence-corrected chi connectivity index (χ2v) is 1.81. The SMILES string of the molecule is C1CCNCC1.O.O.O. The van der Waals surface area contributed by atoms with Gasteiger partial charge in [-0.1, -0.05) is 6.42 Å². The van der Waals surface area contributed by atoms with Crippen molar-refractivity contribution in [1.29, 1.82) is 0 Å². The van der Waals surface area contributed by atoms with Gasteiger partial charge in [-0.05, 0) is 25.9 Å². The van der Waals surface area contributed by atoms with Crippen molar-refractivity contribution in [1.82, 2.24) is 5.32 Å². The van der Waals surface area contributed by atoms with E-state index in [-0.39, 0.29) is 16.4 Å². The van der Waals surface area contributed by atoms with E-state index < -0.39 is 0 Å². The molecule has 1 rings (SSSR count). The van der Waals surface area contributed by atoms with E-state index in [0.29, 0.717) is 0 Å². The van der Waals surface area contributed by atoms with E-state index in [4.69, 9.17) is 0 Å². The molecule has 1 fully saturated rings. The Balaban J connectivity index is -0.000000120. The van der Waals surface area contributed by atoms with Crippen molar-refractivity contribution < 1.29 is 16.4 Å². The maximum Gasteiger partial charge on any atom is -0.00489 e. The molecule has 0 aromatic rings. The Morgan fingerprint density at radius 1 is 0.667 bits per heavy atom. The third kappa shape index (κ3) is 7.84. The number of hydrogen-bond donors (Lipinski definition) is 1. The standard InChI is InChI=1S/C5H11N.3H2O/c1-2-4-6-5-3-1;;;/h6H,1-5H2;3*1H2. The molecule has 1 aliphatic rings. The third-order valence-electron chi connectivity index (χ3n) is 1.21. The van der Waals surface area contributed by atoms with Gasteiger partial charge in [0.1, 0.15) is 0 Å². The number of hydrogen-bond acceptors (Lipinski definition) is 1. The molecule has 9 heavy (non-hydrogen) atoms. The van der Waals surface area contributed by atoms with Crippen molar-refractivity contribution >= 4 is 0 Å². The molecule has 7 N–H and O–H groups in total. The van der Waals surface area contributed by atoms with E-state index in [1.807, 2.05) is 0 Å². The predicted molar refractivity (Wildman–Crippen MR) is 37.6 cm³/mol. The van der Waals surface area contributed by atoms with E-state index in [9.17, 15) is 0 Å². The van der Waals surface area contributed by atoms with Crippen molar-refractivity contribution in [2.45, 2.75) is 19.3 Å². The highest BCUT2D eigenvalue weighted by Gasteiger charge is 1.93. The van der Waals surface area contributed by atoms with Gasteiger partial charge in [0.25, 0.3) is 0 Å². The maximum atomic E-state index is 3.28. The highest BCUT2D eigenvalue weighted by atomic mass is 16.0. The summed E-state index contributed by atoms with van der Waals surface area (Å²) >= 11 is 0. The van der Waals surface area contributed by atoms with Crippen LogP contribution in [0.2, 0.25) is 0 Å². The fourth-order valence-electron chi connectivity index (χ4n) is 0.802.